The van der Waals surface area contributed by atoms with Crippen LogP contribution in [-0.4, -0.2) is 36.4 Å². The lowest BCUT2D eigenvalue weighted by molar-refractivity contribution is -0.161. The molecule has 0 heterocycles. The van der Waals surface area contributed by atoms with Gasteiger partial charge in [-0.15, -0.1) is 0 Å². The van der Waals surface area contributed by atoms with Crippen molar-refractivity contribution in [2.75, 3.05) is 13.2 Å². The Morgan fingerprint density at radius 3 is 1.08 bits per heavy atom. The van der Waals surface area contributed by atoms with Crippen LogP contribution >= 0.6 is 0 Å². The first-order valence-electron chi connectivity index (χ1n) is 24.4. The standard InChI is InChI=1S/C55H90O5/c1-3-5-7-9-11-13-14-15-16-17-18-19-20-21-22-23-24-25-26-27-28-29-30-31-32-33-34-35-36-37-38-39-40-42-44-46-48-50-55(58)60-53(51-56)52-59-54(57)49-47-45-43-41-12-10-8-6-4-2/h5,7,11,13,15-16,18-19,21-22,24-25,27-28,30-31,33-34,53,56H,3-4,6,8-10,12,14,17,20,23,26,29,32,35-52H2,1-2H3/b7-5-,13-11-,16-15-,19-18-,22-21-,25-24-,28-27-,31-30-,34-33-. The zero-order valence-electron chi connectivity index (χ0n) is 38.7. The van der Waals surface area contributed by atoms with Crippen molar-refractivity contribution in [1.29, 1.82) is 0 Å². The number of hydrogen-bond acceptors (Lipinski definition) is 5. The third kappa shape index (κ3) is 47.2. The van der Waals surface area contributed by atoms with Gasteiger partial charge in [0.15, 0.2) is 6.10 Å². The fraction of sp³-hybridized carbons (Fsp3) is 0.636. The third-order valence-electron chi connectivity index (χ3n) is 10.1. The Labute approximate surface area is 370 Å². The number of carbonyl (C=O) groups excluding carboxylic acids is 2. The molecule has 5 nitrogen and oxygen atoms in total. The lowest BCUT2D eigenvalue weighted by atomic mass is 10.1. The first-order valence-corrected chi connectivity index (χ1v) is 24.4. The number of rotatable bonds is 43. The molecule has 0 bridgehead atoms. The molecule has 0 fully saturated rings. The van der Waals surface area contributed by atoms with Crippen LogP contribution in [-0.2, 0) is 19.1 Å². The number of allylic oxidation sites excluding steroid dienone is 18. The van der Waals surface area contributed by atoms with Crippen LogP contribution < -0.4 is 0 Å². The molecule has 0 radical (unpaired) electrons. The smallest absolute Gasteiger partial charge is 0.306 e. The second-order valence-electron chi connectivity index (χ2n) is 15.8. The first-order chi connectivity index (χ1) is 29.6. The van der Waals surface area contributed by atoms with E-state index in [4.69, 9.17) is 9.47 Å². The van der Waals surface area contributed by atoms with E-state index < -0.39 is 6.10 Å². The topological polar surface area (TPSA) is 72.8 Å². The van der Waals surface area contributed by atoms with Crippen LogP contribution in [0.3, 0.4) is 0 Å². The number of carbonyl (C=O) groups is 2. The fourth-order valence-electron chi connectivity index (χ4n) is 6.43. The largest absolute Gasteiger partial charge is 0.462 e. The summed E-state index contributed by atoms with van der Waals surface area (Å²) in [6.07, 6.45) is 71.9. The zero-order chi connectivity index (χ0) is 43.5. The Bertz CT molecular complexity index is 1210. The lowest BCUT2D eigenvalue weighted by Gasteiger charge is -2.15. The molecule has 1 atom stereocenters. The van der Waals surface area contributed by atoms with E-state index in [2.05, 4.69) is 123 Å². The number of hydrogen-bond donors (Lipinski definition) is 1. The van der Waals surface area contributed by atoms with Crippen LogP contribution in [0.2, 0.25) is 0 Å². The Kier molecular flexibility index (Phi) is 47.1. The van der Waals surface area contributed by atoms with Crippen LogP contribution in [0.25, 0.3) is 0 Å². The average Bonchev–Trinajstić information content (AvgIpc) is 3.25. The number of ether oxygens (including phenoxy) is 2. The van der Waals surface area contributed by atoms with Crippen molar-refractivity contribution in [3.8, 4) is 0 Å². The summed E-state index contributed by atoms with van der Waals surface area (Å²) in [4.78, 5) is 24.2. The Balaban J connectivity index is 3.59. The summed E-state index contributed by atoms with van der Waals surface area (Å²) >= 11 is 0. The van der Waals surface area contributed by atoms with Crippen LogP contribution in [0.1, 0.15) is 206 Å². The normalized spacial score (nSPS) is 13.2. The highest BCUT2D eigenvalue weighted by Gasteiger charge is 2.16. The monoisotopic (exact) mass is 831 g/mol. The van der Waals surface area contributed by atoms with Gasteiger partial charge in [-0.25, -0.2) is 0 Å². The van der Waals surface area contributed by atoms with Gasteiger partial charge >= 0.3 is 11.9 Å². The fourth-order valence-corrected chi connectivity index (χ4v) is 6.43. The summed E-state index contributed by atoms with van der Waals surface area (Å²) in [6, 6.07) is 0. The minimum atomic E-state index is -0.777. The molecule has 0 aromatic rings. The molecule has 0 saturated carbocycles. The number of unbranched alkanes of at least 4 members (excludes halogenated alkanes) is 17. The van der Waals surface area contributed by atoms with Gasteiger partial charge in [0.25, 0.3) is 0 Å². The van der Waals surface area contributed by atoms with Gasteiger partial charge in [-0.05, 0) is 83.5 Å². The van der Waals surface area contributed by atoms with E-state index in [0.29, 0.717) is 12.8 Å². The molecule has 60 heavy (non-hydrogen) atoms. The van der Waals surface area contributed by atoms with Crippen LogP contribution in [0.5, 0.6) is 0 Å². The first kappa shape index (κ1) is 56.6. The molecule has 0 saturated heterocycles. The van der Waals surface area contributed by atoms with Gasteiger partial charge in [0, 0.05) is 12.8 Å². The van der Waals surface area contributed by atoms with E-state index in [1.165, 1.54) is 77.0 Å². The Morgan fingerprint density at radius 1 is 0.400 bits per heavy atom. The Hall–Kier alpha value is -3.44. The van der Waals surface area contributed by atoms with Gasteiger partial charge in [0.2, 0.25) is 0 Å². The summed E-state index contributed by atoms with van der Waals surface area (Å²) in [5, 5.41) is 9.56. The summed E-state index contributed by atoms with van der Waals surface area (Å²) < 4.78 is 10.6. The minimum absolute atomic E-state index is 0.0716. The highest BCUT2D eigenvalue weighted by atomic mass is 16.6. The second kappa shape index (κ2) is 49.9. The van der Waals surface area contributed by atoms with Crippen LogP contribution in [0, 0.1) is 0 Å². The molecule has 0 aromatic heterocycles. The van der Waals surface area contributed by atoms with Gasteiger partial charge in [-0.1, -0.05) is 220 Å². The van der Waals surface area contributed by atoms with Crippen molar-refractivity contribution in [3.05, 3.63) is 109 Å². The van der Waals surface area contributed by atoms with Gasteiger partial charge in [0.05, 0.1) is 6.61 Å². The van der Waals surface area contributed by atoms with E-state index in [9.17, 15) is 14.7 Å². The molecular weight excluding hydrogens is 741 g/mol. The van der Waals surface area contributed by atoms with E-state index in [1.807, 2.05) is 0 Å². The maximum absolute atomic E-state index is 12.2. The van der Waals surface area contributed by atoms with Crippen molar-refractivity contribution in [1.82, 2.24) is 0 Å². The second-order valence-corrected chi connectivity index (χ2v) is 15.8. The predicted octanol–water partition coefficient (Wildman–Crippen LogP) is 16.2. The average molecular weight is 831 g/mol. The van der Waals surface area contributed by atoms with Gasteiger partial charge in [-0.3, -0.25) is 9.59 Å². The molecular formula is C55H90O5. The third-order valence-corrected chi connectivity index (χ3v) is 10.1. The van der Waals surface area contributed by atoms with Crippen molar-refractivity contribution in [2.45, 2.75) is 213 Å². The highest BCUT2D eigenvalue weighted by Crippen LogP contribution is 2.14. The molecule has 0 spiro atoms. The zero-order valence-corrected chi connectivity index (χ0v) is 38.7. The molecule has 0 rings (SSSR count). The molecule has 0 amide bonds. The summed E-state index contributed by atoms with van der Waals surface area (Å²) in [6.45, 7) is 3.98. The molecule has 1 unspecified atom stereocenters. The lowest BCUT2D eigenvalue weighted by Crippen LogP contribution is -2.28. The number of esters is 2. The summed E-state index contributed by atoms with van der Waals surface area (Å²) in [7, 11) is 0. The number of aliphatic hydroxyl groups excluding tert-OH is 1. The van der Waals surface area contributed by atoms with Crippen LogP contribution in [0.4, 0.5) is 0 Å². The van der Waals surface area contributed by atoms with Crippen molar-refractivity contribution in [2.24, 2.45) is 0 Å². The maximum atomic E-state index is 12.2. The number of aliphatic hydroxyl groups is 1. The molecule has 0 aliphatic carbocycles. The minimum Gasteiger partial charge on any atom is -0.462 e. The van der Waals surface area contributed by atoms with Gasteiger partial charge < -0.3 is 14.6 Å². The van der Waals surface area contributed by atoms with E-state index in [0.717, 1.165) is 103 Å². The van der Waals surface area contributed by atoms with Gasteiger partial charge in [-0.2, -0.15) is 0 Å². The summed E-state index contributed by atoms with van der Waals surface area (Å²) in [5.74, 6) is -0.606. The molecule has 5 heteroatoms. The molecule has 1 N–H and O–H groups in total. The van der Waals surface area contributed by atoms with Crippen molar-refractivity contribution >= 4 is 11.9 Å². The maximum Gasteiger partial charge on any atom is 0.306 e. The molecule has 0 aromatic carbocycles. The quantitative estimate of drug-likeness (QED) is 0.0376. The molecule has 0 aliphatic rings. The summed E-state index contributed by atoms with van der Waals surface area (Å²) in [5.41, 5.74) is 0. The van der Waals surface area contributed by atoms with E-state index in [-0.39, 0.29) is 25.2 Å². The molecule has 340 valence electrons. The highest BCUT2D eigenvalue weighted by molar-refractivity contribution is 5.70. The van der Waals surface area contributed by atoms with E-state index in [1.54, 1.807) is 0 Å². The van der Waals surface area contributed by atoms with Crippen molar-refractivity contribution < 1.29 is 24.2 Å². The van der Waals surface area contributed by atoms with E-state index >= 15 is 0 Å². The van der Waals surface area contributed by atoms with Crippen molar-refractivity contribution in [3.63, 3.8) is 0 Å². The Morgan fingerprint density at radius 2 is 0.717 bits per heavy atom. The molecule has 0 aliphatic heterocycles. The SMILES string of the molecule is CC/C=C\C/C=C\C/C=C\C/C=C\C/C=C\C/C=C\C/C=C\C/C=C\C/C=C\CCCCCCCCCCCC(=O)OC(CO)COC(=O)CCCCCCCCCCC. The van der Waals surface area contributed by atoms with Crippen LogP contribution in [0.15, 0.2) is 109 Å². The predicted molar refractivity (Wildman–Crippen MR) is 260 cm³/mol. The van der Waals surface area contributed by atoms with Gasteiger partial charge in [0.1, 0.15) is 6.61 Å².